The maximum absolute atomic E-state index is 13.5. The van der Waals surface area contributed by atoms with Crippen molar-refractivity contribution in [1.82, 2.24) is 0 Å². The van der Waals surface area contributed by atoms with Crippen molar-refractivity contribution in [1.29, 1.82) is 0 Å². The van der Waals surface area contributed by atoms with Crippen LogP contribution in [0.5, 0.6) is 0 Å². The smallest absolute Gasteiger partial charge is 0.127 e. The van der Waals surface area contributed by atoms with Gasteiger partial charge < -0.3 is 0 Å². The Kier molecular flexibility index (Phi) is 2.82. The van der Waals surface area contributed by atoms with Crippen molar-refractivity contribution in [3.05, 3.63) is 71.5 Å². The van der Waals surface area contributed by atoms with Gasteiger partial charge in [0.25, 0.3) is 0 Å². The molecule has 2 aromatic rings. The molecule has 0 aliphatic rings. The third kappa shape index (κ3) is 2.07. The molecule has 76 valence electrons. The molecule has 15 heavy (non-hydrogen) atoms. The summed E-state index contributed by atoms with van der Waals surface area (Å²) in [4.78, 5) is 0. The normalized spacial score (nSPS) is 12.4. The van der Waals surface area contributed by atoms with Gasteiger partial charge in [0.1, 0.15) is 5.82 Å². The summed E-state index contributed by atoms with van der Waals surface area (Å²) in [5, 5.41) is 0. The average molecular weight is 200 g/mol. The molecule has 0 saturated heterocycles. The van der Waals surface area contributed by atoms with Gasteiger partial charge >= 0.3 is 0 Å². The van der Waals surface area contributed by atoms with Gasteiger partial charge in [-0.2, -0.15) is 0 Å². The Morgan fingerprint density at radius 2 is 1.47 bits per heavy atom. The van der Waals surface area contributed by atoms with E-state index in [4.69, 9.17) is 0 Å². The molecule has 1 atom stereocenters. The minimum Gasteiger partial charge on any atom is -0.207 e. The average Bonchev–Trinajstić information content (AvgIpc) is 2.30. The molecule has 0 fully saturated rings. The maximum Gasteiger partial charge on any atom is 0.127 e. The van der Waals surface area contributed by atoms with Gasteiger partial charge in [0.15, 0.2) is 0 Å². The summed E-state index contributed by atoms with van der Waals surface area (Å²) in [6.07, 6.45) is 0. The molecular formula is C14H13F. The lowest BCUT2D eigenvalue weighted by Gasteiger charge is -2.12. The predicted molar refractivity (Wildman–Crippen MR) is 60.4 cm³/mol. The molecule has 0 bridgehead atoms. The Bertz CT molecular complexity index is 434. The molecule has 0 aliphatic heterocycles. The van der Waals surface area contributed by atoms with E-state index in [0.29, 0.717) is 0 Å². The first-order chi connectivity index (χ1) is 7.29. The quantitative estimate of drug-likeness (QED) is 0.688. The van der Waals surface area contributed by atoms with Gasteiger partial charge in [0, 0.05) is 5.92 Å². The Hall–Kier alpha value is -1.63. The van der Waals surface area contributed by atoms with Crippen molar-refractivity contribution in [2.75, 3.05) is 0 Å². The highest BCUT2D eigenvalue weighted by Crippen LogP contribution is 2.25. The van der Waals surface area contributed by atoms with Gasteiger partial charge in [-0.1, -0.05) is 55.5 Å². The van der Waals surface area contributed by atoms with Crippen LogP contribution in [0, 0.1) is 5.82 Å². The van der Waals surface area contributed by atoms with Gasteiger partial charge in [0.2, 0.25) is 0 Å². The summed E-state index contributed by atoms with van der Waals surface area (Å²) < 4.78 is 13.5. The van der Waals surface area contributed by atoms with Crippen molar-refractivity contribution in [3.8, 4) is 0 Å². The topological polar surface area (TPSA) is 0 Å². The van der Waals surface area contributed by atoms with Crippen LogP contribution in [0.25, 0.3) is 0 Å². The number of hydrogen-bond acceptors (Lipinski definition) is 0. The largest absolute Gasteiger partial charge is 0.207 e. The second-order valence-electron chi connectivity index (χ2n) is 3.65. The Morgan fingerprint density at radius 1 is 0.867 bits per heavy atom. The van der Waals surface area contributed by atoms with Crippen molar-refractivity contribution in [2.24, 2.45) is 0 Å². The molecule has 2 rings (SSSR count). The third-order valence-electron chi connectivity index (χ3n) is 2.67. The summed E-state index contributed by atoms with van der Waals surface area (Å²) in [5.41, 5.74) is 1.89. The van der Waals surface area contributed by atoms with Crippen LogP contribution in [0.3, 0.4) is 0 Å². The van der Waals surface area contributed by atoms with Crippen LogP contribution < -0.4 is 0 Å². The van der Waals surface area contributed by atoms with E-state index in [0.717, 1.165) is 11.1 Å². The van der Waals surface area contributed by atoms with Crippen LogP contribution in [-0.4, -0.2) is 0 Å². The Balaban J connectivity index is 2.37. The molecule has 2 aromatic carbocycles. The van der Waals surface area contributed by atoms with E-state index < -0.39 is 0 Å². The highest BCUT2D eigenvalue weighted by molar-refractivity contribution is 5.32. The molecule has 1 unspecified atom stereocenters. The molecule has 1 heteroatoms. The van der Waals surface area contributed by atoms with Crippen molar-refractivity contribution >= 4 is 0 Å². The molecule has 0 nitrogen and oxygen atoms in total. The van der Waals surface area contributed by atoms with Gasteiger partial charge in [-0.15, -0.1) is 0 Å². The van der Waals surface area contributed by atoms with Crippen LogP contribution in [0.15, 0.2) is 54.6 Å². The predicted octanol–water partition coefficient (Wildman–Crippen LogP) is 3.98. The highest BCUT2D eigenvalue weighted by atomic mass is 19.1. The van der Waals surface area contributed by atoms with E-state index in [2.05, 4.69) is 0 Å². The molecule has 0 N–H and O–H groups in total. The summed E-state index contributed by atoms with van der Waals surface area (Å²) >= 11 is 0. The van der Waals surface area contributed by atoms with Crippen molar-refractivity contribution in [2.45, 2.75) is 12.8 Å². The van der Waals surface area contributed by atoms with E-state index in [-0.39, 0.29) is 11.7 Å². The zero-order valence-corrected chi connectivity index (χ0v) is 8.65. The van der Waals surface area contributed by atoms with Gasteiger partial charge in [-0.25, -0.2) is 4.39 Å². The minimum absolute atomic E-state index is 0.104. The SMILES string of the molecule is CC(c1ccccc1)c1ccccc1F. The Morgan fingerprint density at radius 3 is 2.13 bits per heavy atom. The second kappa shape index (κ2) is 4.26. The first-order valence-electron chi connectivity index (χ1n) is 5.08. The lowest BCUT2D eigenvalue weighted by atomic mass is 9.93. The summed E-state index contributed by atoms with van der Waals surface area (Å²) in [5.74, 6) is -0.0266. The van der Waals surface area contributed by atoms with Crippen LogP contribution in [0.4, 0.5) is 4.39 Å². The fraction of sp³-hybridized carbons (Fsp3) is 0.143. The van der Waals surface area contributed by atoms with E-state index in [1.54, 1.807) is 6.07 Å². The second-order valence-corrected chi connectivity index (χ2v) is 3.65. The fourth-order valence-electron chi connectivity index (χ4n) is 1.75. The third-order valence-corrected chi connectivity index (χ3v) is 2.67. The number of halogens is 1. The highest BCUT2D eigenvalue weighted by Gasteiger charge is 2.11. The van der Waals surface area contributed by atoms with E-state index >= 15 is 0 Å². The van der Waals surface area contributed by atoms with Gasteiger partial charge in [-0.05, 0) is 17.2 Å². The molecule has 0 saturated carbocycles. The molecular weight excluding hydrogens is 187 g/mol. The molecule has 0 heterocycles. The van der Waals surface area contributed by atoms with E-state index in [1.165, 1.54) is 6.07 Å². The first kappa shape index (κ1) is 9.91. The zero-order valence-electron chi connectivity index (χ0n) is 8.65. The standard InChI is InChI=1S/C14H13F/c1-11(12-7-3-2-4-8-12)13-9-5-6-10-14(13)15/h2-11H,1H3. The first-order valence-corrected chi connectivity index (χ1v) is 5.08. The van der Waals surface area contributed by atoms with Crippen LogP contribution in [0.2, 0.25) is 0 Å². The van der Waals surface area contributed by atoms with Crippen molar-refractivity contribution < 1.29 is 4.39 Å². The summed E-state index contributed by atoms with van der Waals surface area (Å²) in [6, 6.07) is 16.9. The minimum atomic E-state index is -0.131. The summed E-state index contributed by atoms with van der Waals surface area (Å²) in [6.45, 7) is 2.02. The maximum atomic E-state index is 13.5. The zero-order chi connectivity index (χ0) is 10.7. The van der Waals surface area contributed by atoms with Gasteiger partial charge in [0.05, 0.1) is 0 Å². The number of benzene rings is 2. The molecule has 0 amide bonds. The number of hydrogen-bond donors (Lipinski definition) is 0. The number of rotatable bonds is 2. The van der Waals surface area contributed by atoms with Crippen LogP contribution >= 0.6 is 0 Å². The van der Waals surface area contributed by atoms with Crippen LogP contribution in [0.1, 0.15) is 24.0 Å². The molecule has 0 aliphatic carbocycles. The van der Waals surface area contributed by atoms with Gasteiger partial charge in [-0.3, -0.25) is 0 Å². The fourth-order valence-corrected chi connectivity index (χ4v) is 1.75. The lowest BCUT2D eigenvalue weighted by molar-refractivity contribution is 0.603. The monoisotopic (exact) mass is 200 g/mol. The summed E-state index contributed by atoms with van der Waals surface area (Å²) in [7, 11) is 0. The molecule has 0 aromatic heterocycles. The Labute approximate surface area is 89.4 Å². The van der Waals surface area contributed by atoms with E-state index in [9.17, 15) is 4.39 Å². The van der Waals surface area contributed by atoms with Crippen molar-refractivity contribution in [3.63, 3.8) is 0 Å². The molecule has 0 spiro atoms. The van der Waals surface area contributed by atoms with E-state index in [1.807, 2.05) is 49.4 Å². The molecule has 0 radical (unpaired) electrons. The lowest BCUT2D eigenvalue weighted by Crippen LogP contribution is -1.98. The van der Waals surface area contributed by atoms with Crippen LogP contribution in [-0.2, 0) is 0 Å².